The first-order valence-corrected chi connectivity index (χ1v) is 9.35. The van der Waals surface area contributed by atoms with Crippen molar-refractivity contribution in [2.24, 2.45) is 4.99 Å². The van der Waals surface area contributed by atoms with Crippen LogP contribution >= 0.6 is 24.0 Å². The minimum absolute atomic E-state index is 0. The van der Waals surface area contributed by atoms with Gasteiger partial charge in [0.25, 0.3) is 0 Å². The van der Waals surface area contributed by atoms with Gasteiger partial charge in [-0.3, -0.25) is 4.99 Å². The summed E-state index contributed by atoms with van der Waals surface area (Å²) in [7, 11) is 1.77. The molecule has 0 saturated carbocycles. The van der Waals surface area contributed by atoms with E-state index in [1.54, 1.807) is 19.2 Å². The maximum Gasteiger partial charge on any atom is 0.191 e. The first-order chi connectivity index (χ1) is 12.2. The van der Waals surface area contributed by atoms with Crippen molar-refractivity contribution in [1.82, 2.24) is 20.4 Å². The van der Waals surface area contributed by atoms with Crippen LogP contribution in [0.1, 0.15) is 25.3 Å². The van der Waals surface area contributed by atoms with Crippen molar-refractivity contribution < 1.29 is 4.39 Å². The smallest absolute Gasteiger partial charge is 0.191 e. The summed E-state index contributed by atoms with van der Waals surface area (Å²) in [5, 5.41) is 6.60. The molecule has 0 aliphatic carbocycles. The number of unbranched alkanes of at least 4 members (excludes halogenated alkanes) is 1. The molecule has 1 saturated heterocycles. The Morgan fingerprint density at radius 2 is 1.69 bits per heavy atom. The summed E-state index contributed by atoms with van der Waals surface area (Å²) in [6, 6.07) is 6.53. The van der Waals surface area contributed by atoms with Crippen LogP contribution in [-0.2, 0) is 6.54 Å². The summed E-state index contributed by atoms with van der Waals surface area (Å²) in [5.41, 5.74) is 1.04. The molecule has 1 fully saturated rings. The lowest BCUT2D eigenvalue weighted by atomic mass is 10.2. The topological polar surface area (TPSA) is 42.9 Å². The third kappa shape index (κ3) is 8.64. The van der Waals surface area contributed by atoms with Crippen LogP contribution in [0.4, 0.5) is 4.39 Å². The number of benzene rings is 1. The van der Waals surface area contributed by atoms with Crippen molar-refractivity contribution in [2.75, 3.05) is 52.9 Å². The molecule has 0 unspecified atom stereocenters. The molecule has 2 rings (SSSR count). The van der Waals surface area contributed by atoms with Crippen molar-refractivity contribution in [1.29, 1.82) is 0 Å². The Hall–Kier alpha value is -0.930. The Balaban J connectivity index is 0.00000338. The molecule has 1 aliphatic rings. The Morgan fingerprint density at radius 1 is 1.04 bits per heavy atom. The number of piperazine rings is 1. The lowest BCUT2D eigenvalue weighted by Gasteiger charge is -2.34. The van der Waals surface area contributed by atoms with Crippen LogP contribution < -0.4 is 10.6 Å². The van der Waals surface area contributed by atoms with E-state index in [1.165, 1.54) is 57.8 Å². The summed E-state index contributed by atoms with van der Waals surface area (Å²) >= 11 is 0. The molecule has 26 heavy (non-hydrogen) atoms. The molecular weight excluding hydrogens is 444 g/mol. The highest BCUT2D eigenvalue weighted by Crippen LogP contribution is 2.03. The van der Waals surface area contributed by atoms with Crippen molar-refractivity contribution in [3.05, 3.63) is 35.6 Å². The van der Waals surface area contributed by atoms with E-state index in [1.807, 2.05) is 0 Å². The van der Waals surface area contributed by atoms with Crippen LogP contribution in [-0.4, -0.2) is 68.6 Å². The van der Waals surface area contributed by atoms with Gasteiger partial charge < -0.3 is 20.4 Å². The molecule has 2 N–H and O–H groups in total. The number of hydrogen-bond acceptors (Lipinski definition) is 3. The van der Waals surface area contributed by atoms with Gasteiger partial charge in [0.15, 0.2) is 5.96 Å². The zero-order valence-corrected chi connectivity index (χ0v) is 18.3. The summed E-state index contributed by atoms with van der Waals surface area (Å²) < 4.78 is 12.9. The SMILES string of the molecule is CCN1CCN(CCCCNC(=NC)NCc2ccc(F)cc2)CC1.I. The molecule has 1 aliphatic heterocycles. The van der Waals surface area contributed by atoms with E-state index in [-0.39, 0.29) is 29.8 Å². The molecule has 1 aromatic rings. The molecule has 0 spiro atoms. The Morgan fingerprint density at radius 3 is 2.31 bits per heavy atom. The van der Waals surface area contributed by atoms with E-state index in [4.69, 9.17) is 0 Å². The zero-order chi connectivity index (χ0) is 17.9. The number of guanidine groups is 1. The summed E-state index contributed by atoms with van der Waals surface area (Å²) in [6.07, 6.45) is 2.33. The third-order valence-corrected chi connectivity index (χ3v) is 4.70. The lowest BCUT2D eigenvalue weighted by Crippen LogP contribution is -2.46. The standard InChI is InChI=1S/C19H32FN5.HI/c1-3-24-12-14-25(15-13-24)11-5-4-10-22-19(21-2)23-16-17-6-8-18(20)9-7-17;/h6-9H,3-5,10-16H2,1-2H3,(H2,21,22,23);1H. The Labute approximate surface area is 174 Å². The molecule has 5 nitrogen and oxygen atoms in total. The summed E-state index contributed by atoms with van der Waals surface area (Å²) in [4.78, 5) is 9.30. The Bertz CT molecular complexity index is 515. The summed E-state index contributed by atoms with van der Waals surface area (Å²) in [6.45, 7) is 10.9. The van der Waals surface area contributed by atoms with Gasteiger partial charge in [-0.2, -0.15) is 0 Å². The van der Waals surface area contributed by atoms with E-state index in [0.29, 0.717) is 6.54 Å². The normalized spacial score (nSPS) is 16.2. The fraction of sp³-hybridized carbons (Fsp3) is 0.632. The maximum absolute atomic E-state index is 12.9. The first-order valence-electron chi connectivity index (χ1n) is 9.35. The molecule has 0 aromatic heterocycles. The van der Waals surface area contributed by atoms with Crippen molar-refractivity contribution in [3.63, 3.8) is 0 Å². The molecular formula is C19H33FIN5. The van der Waals surface area contributed by atoms with Gasteiger partial charge in [-0.15, -0.1) is 24.0 Å². The van der Waals surface area contributed by atoms with Gasteiger partial charge in [0.05, 0.1) is 0 Å². The third-order valence-electron chi connectivity index (χ3n) is 4.70. The second-order valence-corrected chi connectivity index (χ2v) is 6.46. The van der Waals surface area contributed by atoms with Crippen LogP contribution in [0.2, 0.25) is 0 Å². The monoisotopic (exact) mass is 477 g/mol. The highest BCUT2D eigenvalue weighted by molar-refractivity contribution is 14.0. The van der Waals surface area contributed by atoms with Crippen LogP contribution in [0.25, 0.3) is 0 Å². The van der Waals surface area contributed by atoms with Gasteiger partial charge in [-0.25, -0.2) is 4.39 Å². The van der Waals surface area contributed by atoms with Gasteiger partial charge in [0.2, 0.25) is 0 Å². The van der Waals surface area contributed by atoms with Gasteiger partial charge in [-0.05, 0) is 43.6 Å². The number of nitrogens with zero attached hydrogens (tertiary/aromatic N) is 3. The first kappa shape index (κ1) is 23.1. The largest absolute Gasteiger partial charge is 0.356 e. The van der Waals surface area contributed by atoms with E-state index < -0.39 is 0 Å². The van der Waals surface area contributed by atoms with Crippen LogP contribution in [0, 0.1) is 5.82 Å². The van der Waals surface area contributed by atoms with Gasteiger partial charge in [0, 0.05) is 46.3 Å². The van der Waals surface area contributed by atoms with Crippen LogP contribution in [0.15, 0.2) is 29.3 Å². The second-order valence-electron chi connectivity index (χ2n) is 6.46. The predicted octanol–water partition coefficient (Wildman–Crippen LogP) is 2.53. The van der Waals surface area contributed by atoms with E-state index in [0.717, 1.165) is 24.5 Å². The van der Waals surface area contributed by atoms with Crippen molar-refractivity contribution in [3.8, 4) is 0 Å². The molecule has 0 amide bonds. The molecule has 1 aromatic carbocycles. The number of aliphatic imine (C=N–C) groups is 1. The van der Waals surface area contributed by atoms with E-state index >= 15 is 0 Å². The van der Waals surface area contributed by atoms with E-state index in [9.17, 15) is 4.39 Å². The molecule has 1 heterocycles. The number of likely N-dealkylation sites (N-methyl/N-ethyl adjacent to an activating group) is 1. The zero-order valence-electron chi connectivity index (χ0n) is 16.0. The van der Waals surface area contributed by atoms with Crippen LogP contribution in [0.3, 0.4) is 0 Å². The highest BCUT2D eigenvalue weighted by Gasteiger charge is 2.14. The molecule has 0 bridgehead atoms. The molecule has 7 heteroatoms. The number of nitrogens with one attached hydrogen (secondary N) is 2. The number of rotatable bonds is 8. The fourth-order valence-electron chi connectivity index (χ4n) is 3.00. The number of hydrogen-bond donors (Lipinski definition) is 2. The van der Waals surface area contributed by atoms with Gasteiger partial charge in [-0.1, -0.05) is 19.1 Å². The average molecular weight is 477 g/mol. The lowest BCUT2D eigenvalue weighted by molar-refractivity contribution is 0.136. The minimum Gasteiger partial charge on any atom is -0.356 e. The molecule has 0 radical (unpaired) electrons. The molecule has 148 valence electrons. The van der Waals surface area contributed by atoms with Crippen molar-refractivity contribution in [2.45, 2.75) is 26.3 Å². The fourth-order valence-corrected chi connectivity index (χ4v) is 3.00. The van der Waals surface area contributed by atoms with E-state index in [2.05, 4.69) is 32.3 Å². The van der Waals surface area contributed by atoms with Gasteiger partial charge >= 0.3 is 0 Å². The maximum atomic E-state index is 12.9. The molecule has 0 atom stereocenters. The Kier molecular flexibility index (Phi) is 11.8. The number of halogens is 2. The van der Waals surface area contributed by atoms with Crippen molar-refractivity contribution >= 4 is 29.9 Å². The predicted molar refractivity (Wildman–Crippen MR) is 118 cm³/mol. The average Bonchev–Trinajstić information content (AvgIpc) is 2.65. The summed E-state index contributed by atoms with van der Waals surface area (Å²) in [5.74, 6) is 0.586. The minimum atomic E-state index is -0.206. The second kappa shape index (κ2) is 13.3. The van der Waals surface area contributed by atoms with Crippen LogP contribution in [0.5, 0.6) is 0 Å². The quantitative estimate of drug-likeness (QED) is 0.262. The highest BCUT2D eigenvalue weighted by atomic mass is 127. The van der Waals surface area contributed by atoms with Gasteiger partial charge in [0.1, 0.15) is 5.82 Å².